The number of likely N-dealkylation sites (N-methyl/N-ethyl adjacent to an activating group) is 1. The Balaban J connectivity index is 1.95. The first-order valence-corrected chi connectivity index (χ1v) is 6.41. The molecule has 2 rings (SSSR count). The maximum atomic E-state index is 5.76. The van der Waals surface area contributed by atoms with Gasteiger partial charge in [0.2, 0.25) is 0 Å². The van der Waals surface area contributed by atoms with Crippen molar-refractivity contribution in [3.8, 4) is 0 Å². The van der Waals surface area contributed by atoms with Gasteiger partial charge in [-0.25, -0.2) is 0 Å². The number of hydrogen-bond donors (Lipinski definition) is 1. The molecule has 0 bridgehead atoms. The zero-order chi connectivity index (χ0) is 12.1. The Morgan fingerprint density at radius 1 is 1.41 bits per heavy atom. The van der Waals surface area contributed by atoms with Crippen LogP contribution < -0.4 is 10.6 Å². The minimum Gasteiger partial charge on any atom is -0.376 e. The van der Waals surface area contributed by atoms with Crippen molar-refractivity contribution in [2.24, 2.45) is 5.73 Å². The zero-order valence-electron chi connectivity index (χ0n) is 10.6. The van der Waals surface area contributed by atoms with Crippen molar-refractivity contribution in [3.05, 3.63) is 29.8 Å². The minimum atomic E-state index is 0.385. The van der Waals surface area contributed by atoms with Gasteiger partial charge in [0.25, 0.3) is 0 Å². The topological polar surface area (TPSA) is 38.5 Å². The van der Waals surface area contributed by atoms with Crippen LogP contribution >= 0.6 is 0 Å². The summed E-state index contributed by atoms with van der Waals surface area (Å²) in [5.41, 5.74) is 8.06. The lowest BCUT2D eigenvalue weighted by atomic mass is 10.1. The molecule has 0 radical (unpaired) electrons. The van der Waals surface area contributed by atoms with E-state index in [-0.39, 0.29) is 0 Å². The van der Waals surface area contributed by atoms with Crippen LogP contribution in [0, 0.1) is 0 Å². The molecule has 3 heteroatoms. The number of nitrogens with two attached hydrogens (primary N) is 1. The number of nitrogens with zero attached hydrogens (tertiary/aromatic N) is 1. The molecule has 1 unspecified atom stereocenters. The van der Waals surface area contributed by atoms with Gasteiger partial charge in [0, 0.05) is 32.4 Å². The van der Waals surface area contributed by atoms with Gasteiger partial charge in [0.05, 0.1) is 6.10 Å². The molecule has 1 aromatic rings. The van der Waals surface area contributed by atoms with Crippen molar-refractivity contribution < 1.29 is 4.74 Å². The molecular formula is C14H22N2O. The van der Waals surface area contributed by atoms with Crippen molar-refractivity contribution in [3.63, 3.8) is 0 Å². The van der Waals surface area contributed by atoms with E-state index in [1.54, 1.807) is 0 Å². The molecule has 0 amide bonds. The molecule has 0 saturated carbocycles. The lowest BCUT2D eigenvalue weighted by Gasteiger charge is -2.28. The van der Waals surface area contributed by atoms with Crippen LogP contribution in [-0.2, 0) is 11.3 Å². The molecule has 1 heterocycles. The number of hydrogen-bond acceptors (Lipinski definition) is 3. The van der Waals surface area contributed by atoms with Crippen molar-refractivity contribution in [1.82, 2.24) is 0 Å². The lowest BCUT2D eigenvalue weighted by Crippen LogP contribution is -2.33. The van der Waals surface area contributed by atoms with Gasteiger partial charge in [-0.1, -0.05) is 12.1 Å². The molecule has 1 atom stereocenters. The van der Waals surface area contributed by atoms with Gasteiger partial charge < -0.3 is 15.4 Å². The highest BCUT2D eigenvalue weighted by atomic mass is 16.5. The molecule has 1 saturated heterocycles. The first-order valence-electron chi connectivity index (χ1n) is 6.41. The smallest absolute Gasteiger partial charge is 0.0749 e. The van der Waals surface area contributed by atoms with Gasteiger partial charge in [-0.2, -0.15) is 0 Å². The van der Waals surface area contributed by atoms with Gasteiger partial charge in [0.15, 0.2) is 0 Å². The largest absolute Gasteiger partial charge is 0.376 e. The monoisotopic (exact) mass is 234 g/mol. The van der Waals surface area contributed by atoms with Crippen LogP contribution in [0.25, 0.3) is 0 Å². The molecule has 3 nitrogen and oxygen atoms in total. The van der Waals surface area contributed by atoms with Crippen LogP contribution in [0.4, 0.5) is 5.69 Å². The predicted molar refractivity (Wildman–Crippen MR) is 71.2 cm³/mol. The van der Waals surface area contributed by atoms with E-state index in [1.807, 2.05) is 0 Å². The van der Waals surface area contributed by atoms with E-state index in [9.17, 15) is 0 Å². The minimum absolute atomic E-state index is 0.385. The van der Waals surface area contributed by atoms with Crippen LogP contribution in [0.1, 0.15) is 24.8 Å². The van der Waals surface area contributed by atoms with E-state index >= 15 is 0 Å². The molecular weight excluding hydrogens is 212 g/mol. The Morgan fingerprint density at radius 2 is 2.29 bits per heavy atom. The zero-order valence-corrected chi connectivity index (χ0v) is 10.6. The lowest BCUT2D eigenvalue weighted by molar-refractivity contribution is 0.0216. The molecule has 1 aliphatic rings. The average molecular weight is 234 g/mol. The fraction of sp³-hybridized carbons (Fsp3) is 0.571. The normalized spacial score (nSPS) is 20.2. The van der Waals surface area contributed by atoms with E-state index < -0.39 is 0 Å². The third-order valence-electron chi connectivity index (χ3n) is 3.34. The molecule has 1 aromatic carbocycles. The van der Waals surface area contributed by atoms with Gasteiger partial charge >= 0.3 is 0 Å². The fourth-order valence-corrected chi connectivity index (χ4v) is 2.28. The SMILES string of the molecule is CN(CC1CCCCO1)c1cccc(CN)c1. The van der Waals surface area contributed by atoms with Gasteiger partial charge in [0.1, 0.15) is 0 Å². The summed E-state index contributed by atoms with van der Waals surface area (Å²) in [5, 5.41) is 0. The molecule has 94 valence electrons. The second kappa shape index (κ2) is 6.03. The Bertz CT molecular complexity index is 348. The number of rotatable bonds is 4. The van der Waals surface area contributed by atoms with Gasteiger partial charge in [-0.3, -0.25) is 0 Å². The summed E-state index contributed by atoms with van der Waals surface area (Å²) in [6.07, 6.45) is 4.07. The van der Waals surface area contributed by atoms with E-state index in [4.69, 9.17) is 10.5 Å². The molecule has 1 aliphatic heterocycles. The standard InChI is InChI=1S/C14H22N2O/c1-16(11-14-7-2-3-8-17-14)13-6-4-5-12(9-13)10-15/h4-6,9,14H,2-3,7-8,10-11,15H2,1H3. The first kappa shape index (κ1) is 12.4. The van der Waals surface area contributed by atoms with E-state index in [2.05, 4.69) is 36.2 Å². The Labute approximate surface area is 104 Å². The molecule has 0 aromatic heterocycles. The van der Waals surface area contributed by atoms with Crippen molar-refractivity contribution in [2.45, 2.75) is 31.9 Å². The Hall–Kier alpha value is -1.06. The molecule has 1 fully saturated rings. The highest BCUT2D eigenvalue weighted by Crippen LogP contribution is 2.18. The second-order valence-corrected chi connectivity index (χ2v) is 4.74. The van der Waals surface area contributed by atoms with Crippen molar-refractivity contribution in [2.75, 3.05) is 25.1 Å². The summed E-state index contributed by atoms with van der Waals surface area (Å²) in [5.74, 6) is 0. The quantitative estimate of drug-likeness (QED) is 0.867. The fourth-order valence-electron chi connectivity index (χ4n) is 2.28. The first-order chi connectivity index (χ1) is 8.29. The van der Waals surface area contributed by atoms with Crippen LogP contribution in [0.5, 0.6) is 0 Å². The van der Waals surface area contributed by atoms with Crippen molar-refractivity contribution in [1.29, 1.82) is 0 Å². The number of benzene rings is 1. The predicted octanol–water partition coefficient (Wildman–Crippen LogP) is 2.15. The third-order valence-corrected chi connectivity index (χ3v) is 3.34. The van der Waals surface area contributed by atoms with Crippen LogP contribution in [-0.4, -0.2) is 26.3 Å². The summed E-state index contributed by atoms with van der Waals surface area (Å²) in [4.78, 5) is 2.26. The summed E-state index contributed by atoms with van der Waals surface area (Å²) in [6, 6.07) is 8.41. The van der Waals surface area contributed by atoms with Gasteiger partial charge in [-0.15, -0.1) is 0 Å². The molecule has 2 N–H and O–H groups in total. The van der Waals surface area contributed by atoms with E-state index in [0.29, 0.717) is 12.6 Å². The average Bonchev–Trinajstić information content (AvgIpc) is 2.40. The number of anilines is 1. The Kier molecular flexibility index (Phi) is 4.40. The van der Waals surface area contributed by atoms with Gasteiger partial charge in [-0.05, 0) is 37.0 Å². The summed E-state index contributed by atoms with van der Waals surface area (Å²) < 4.78 is 5.76. The maximum absolute atomic E-state index is 5.76. The third kappa shape index (κ3) is 3.45. The second-order valence-electron chi connectivity index (χ2n) is 4.74. The van der Waals surface area contributed by atoms with E-state index in [1.165, 1.54) is 30.5 Å². The summed E-state index contributed by atoms with van der Waals surface area (Å²) in [7, 11) is 2.12. The Morgan fingerprint density at radius 3 is 3.00 bits per heavy atom. The maximum Gasteiger partial charge on any atom is 0.0749 e. The molecule has 0 spiro atoms. The molecule has 0 aliphatic carbocycles. The van der Waals surface area contributed by atoms with Crippen LogP contribution in [0.15, 0.2) is 24.3 Å². The van der Waals surface area contributed by atoms with Crippen molar-refractivity contribution >= 4 is 5.69 Å². The highest BCUT2D eigenvalue weighted by Gasteiger charge is 2.16. The van der Waals surface area contributed by atoms with Crippen LogP contribution in [0.3, 0.4) is 0 Å². The summed E-state index contributed by atoms with van der Waals surface area (Å²) in [6.45, 7) is 2.48. The number of ether oxygens (including phenoxy) is 1. The van der Waals surface area contributed by atoms with E-state index in [0.717, 1.165) is 13.2 Å². The highest BCUT2D eigenvalue weighted by molar-refractivity contribution is 5.48. The molecule has 17 heavy (non-hydrogen) atoms. The summed E-state index contributed by atoms with van der Waals surface area (Å²) >= 11 is 0. The van der Waals surface area contributed by atoms with Crippen LogP contribution in [0.2, 0.25) is 0 Å².